The molecule has 0 fully saturated rings. The second kappa shape index (κ2) is 43.7. The van der Waals surface area contributed by atoms with E-state index in [1.807, 2.05) is 27.2 Å². The third-order valence-corrected chi connectivity index (χ3v) is 12.3. The molecule has 0 aliphatic rings. The smallest absolute Gasteiger partial charge is 0.387 e. The van der Waals surface area contributed by atoms with E-state index in [1.54, 1.807) is 6.08 Å². The van der Waals surface area contributed by atoms with Crippen molar-refractivity contribution >= 4 is 13.7 Å². The molecule has 9 heteroatoms. The molecule has 0 aliphatic heterocycles. The van der Waals surface area contributed by atoms with Gasteiger partial charge < -0.3 is 19.8 Å². The molecule has 0 heterocycles. The van der Waals surface area contributed by atoms with E-state index in [0.717, 1.165) is 51.4 Å². The van der Waals surface area contributed by atoms with Crippen molar-refractivity contribution in [1.29, 1.82) is 0 Å². The van der Waals surface area contributed by atoms with Crippen molar-refractivity contribution in [2.24, 2.45) is 0 Å². The zero-order valence-corrected chi connectivity index (χ0v) is 41.5. The predicted octanol–water partition coefficient (Wildman–Crippen LogP) is 14.8. The Morgan fingerprint density at radius 3 is 1.49 bits per heavy atom. The van der Waals surface area contributed by atoms with E-state index in [2.05, 4.69) is 55.6 Å². The van der Waals surface area contributed by atoms with Crippen molar-refractivity contribution in [3.05, 3.63) is 48.6 Å². The first-order valence-electron chi connectivity index (χ1n) is 25.5. The third-order valence-electron chi connectivity index (χ3n) is 11.3. The van der Waals surface area contributed by atoms with Crippen LogP contribution in [-0.4, -0.2) is 73.4 Å². The number of amides is 1. The summed E-state index contributed by atoms with van der Waals surface area (Å²) >= 11 is 0. The molecule has 0 aromatic heterocycles. The quantitative estimate of drug-likeness (QED) is 0.0243. The summed E-state index contributed by atoms with van der Waals surface area (Å²) in [4.78, 5) is 23.2. The van der Waals surface area contributed by atoms with Gasteiger partial charge in [-0.25, -0.2) is 4.57 Å². The monoisotopic (exact) mass is 880 g/mol. The minimum atomic E-state index is -4.35. The lowest BCUT2D eigenvalue weighted by molar-refractivity contribution is -0.870. The fourth-order valence-electron chi connectivity index (χ4n) is 7.27. The number of nitrogens with one attached hydrogen (secondary N) is 1. The number of hydrogen-bond donors (Lipinski definition) is 3. The van der Waals surface area contributed by atoms with Gasteiger partial charge in [0.25, 0.3) is 0 Å². The maximum atomic E-state index is 12.9. The molecule has 0 spiro atoms. The van der Waals surface area contributed by atoms with Crippen molar-refractivity contribution in [3.63, 3.8) is 0 Å². The fourth-order valence-corrected chi connectivity index (χ4v) is 8.01. The third kappa shape index (κ3) is 46.3. The summed E-state index contributed by atoms with van der Waals surface area (Å²) in [5, 5.41) is 13.9. The summed E-state index contributed by atoms with van der Waals surface area (Å²) in [6, 6.07) is -0.863. The SMILES string of the molecule is CC/C=C\C/C=C\CCCCCCCCCCCCCCCCC(=O)NC(COP(=O)(O)OCC[N+](C)(C)C)C(O)/C=C/CC/C=C/CCCCCCCCCCCCCC. The van der Waals surface area contributed by atoms with Crippen LogP contribution in [0.15, 0.2) is 48.6 Å². The van der Waals surface area contributed by atoms with Gasteiger partial charge in [0.2, 0.25) is 5.91 Å². The van der Waals surface area contributed by atoms with Crippen molar-refractivity contribution in [1.82, 2.24) is 5.32 Å². The molecule has 0 aromatic rings. The van der Waals surface area contributed by atoms with E-state index in [1.165, 1.54) is 154 Å². The number of phosphoric ester groups is 1. The van der Waals surface area contributed by atoms with Crippen molar-refractivity contribution in [3.8, 4) is 0 Å². The minimum absolute atomic E-state index is 0.0558. The maximum absolute atomic E-state index is 12.9. The van der Waals surface area contributed by atoms with Gasteiger partial charge in [-0.1, -0.05) is 210 Å². The Morgan fingerprint density at radius 2 is 1.00 bits per heavy atom. The molecule has 0 aromatic carbocycles. The number of aliphatic hydroxyl groups is 1. The topological polar surface area (TPSA) is 105 Å². The molecule has 0 rings (SSSR count). The summed E-state index contributed by atoms with van der Waals surface area (Å²) in [6.07, 6.45) is 56.2. The maximum Gasteiger partial charge on any atom is 0.472 e. The number of likely N-dealkylation sites (N-methyl/N-ethyl adjacent to an activating group) is 1. The number of carbonyl (C=O) groups excluding carboxylic acids is 1. The van der Waals surface area contributed by atoms with E-state index in [4.69, 9.17) is 9.05 Å². The number of phosphoric acid groups is 1. The molecule has 1 amide bonds. The Labute approximate surface area is 378 Å². The number of quaternary nitrogens is 1. The highest BCUT2D eigenvalue weighted by atomic mass is 31.2. The molecular weight excluding hydrogens is 780 g/mol. The molecule has 3 atom stereocenters. The molecule has 0 saturated heterocycles. The average Bonchev–Trinajstić information content (AvgIpc) is 3.21. The standard InChI is InChI=1S/C52H99N2O6P/c1-6-8-10-12-14-16-18-20-22-24-26-27-28-30-32-34-36-38-40-42-44-46-52(56)53-50(49-60-61(57,58)59-48-47-54(3,4)5)51(55)45-43-41-39-37-35-33-31-29-25-23-21-19-17-15-13-11-9-7-2/h8,10,14,16,35,37,43,45,50-51,55H,6-7,9,11-13,15,17-34,36,38-42,44,46-49H2,1-5H3,(H-,53,56,57,58)/p+1/b10-8-,16-14-,37-35+,45-43+. The van der Waals surface area contributed by atoms with E-state index >= 15 is 0 Å². The summed E-state index contributed by atoms with van der Waals surface area (Å²) < 4.78 is 23.6. The molecular formula is C52H100N2O6P+. The van der Waals surface area contributed by atoms with Crippen LogP contribution in [0.3, 0.4) is 0 Å². The second-order valence-electron chi connectivity index (χ2n) is 18.5. The number of rotatable bonds is 46. The van der Waals surface area contributed by atoms with Gasteiger partial charge in [-0.15, -0.1) is 0 Å². The van der Waals surface area contributed by atoms with Gasteiger partial charge in [0.05, 0.1) is 39.9 Å². The van der Waals surface area contributed by atoms with Crippen molar-refractivity contribution in [2.75, 3.05) is 40.9 Å². The van der Waals surface area contributed by atoms with E-state index in [0.29, 0.717) is 17.4 Å². The number of aliphatic hydroxyl groups excluding tert-OH is 1. The Kier molecular flexibility index (Phi) is 42.6. The summed E-state index contributed by atoms with van der Waals surface area (Å²) in [7, 11) is 1.56. The van der Waals surface area contributed by atoms with E-state index < -0.39 is 20.0 Å². The summed E-state index contributed by atoms with van der Waals surface area (Å²) in [5.41, 5.74) is 0. The zero-order chi connectivity index (χ0) is 45.0. The van der Waals surface area contributed by atoms with Gasteiger partial charge in [0, 0.05) is 6.42 Å². The lowest BCUT2D eigenvalue weighted by Gasteiger charge is -2.25. The molecule has 8 nitrogen and oxygen atoms in total. The first-order valence-corrected chi connectivity index (χ1v) is 27.0. The lowest BCUT2D eigenvalue weighted by atomic mass is 10.0. The highest BCUT2D eigenvalue weighted by molar-refractivity contribution is 7.47. The molecule has 61 heavy (non-hydrogen) atoms. The highest BCUT2D eigenvalue weighted by Crippen LogP contribution is 2.43. The summed E-state index contributed by atoms with van der Waals surface area (Å²) in [6.45, 7) is 4.70. The van der Waals surface area contributed by atoms with Crippen LogP contribution < -0.4 is 5.32 Å². The van der Waals surface area contributed by atoms with Gasteiger partial charge in [0.1, 0.15) is 13.2 Å². The Hall–Kier alpha value is -1.54. The van der Waals surface area contributed by atoms with Crippen LogP contribution >= 0.6 is 7.82 Å². The number of carbonyl (C=O) groups is 1. The first kappa shape index (κ1) is 59.5. The number of hydrogen-bond acceptors (Lipinski definition) is 5. The second-order valence-corrected chi connectivity index (χ2v) is 20.0. The number of allylic oxidation sites excluding steroid dienone is 7. The number of unbranched alkanes of at least 4 members (excludes halogenated alkanes) is 27. The predicted molar refractivity (Wildman–Crippen MR) is 263 cm³/mol. The molecule has 0 bridgehead atoms. The molecule has 3 unspecified atom stereocenters. The van der Waals surface area contributed by atoms with Crippen LogP contribution in [0.1, 0.15) is 226 Å². The number of nitrogens with zero attached hydrogens (tertiary/aromatic N) is 1. The zero-order valence-electron chi connectivity index (χ0n) is 40.7. The average molecular weight is 880 g/mol. The molecule has 0 aliphatic carbocycles. The van der Waals surface area contributed by atoms with Crippen LogP contribution in [0.4, 0.5) is 0 Å². The fraction of sp³-hybridized carbons (Fsp3) is 0.827. The van der Waals surface area contributed by atoms with Gasteiger partial charge in [0.15, 0.2) is 0 Å². The Balaban J connectivity index is 4.33. The van der Waals surface area contributed by atoms with Crippen molar-refractivity contribution < 1.29 is 32.9 Å². The van der Waals surface area contributed by atoms with Crippen molar-refractivity contribution in [2.45, 2.75) is 238 Å². The van der Waals surface area contributed by atoms with Gasteiger partial charge in [-0.05, 0) is 57.8 Å². The molecule has 0 radical (unpaired) electrons. The van der Waals surface area contributed by atoms with Gasteiger partial charge in [-0.2, -0.15) is 0 Å². The molecule has 3 N–H and O–H groups in total. The van der Waals surface area contributed by atoms with Crippen LogP contribution in [-0.2, 0) is 18.4 Å². The minimum Gasteiger partial charge on any atom is -0.387 e. The molecule has 0 saturated carbocycles. The Morgan fingerprint density at radius 1 is 0.574 bits per heavy atom. The lowest BCUT2D eigenvalue weighted by Crippen LogP contribution is -2.45. The van der Waals surface area contributed by atoms with Crippen LogP contribution in [0.2, 0.25) is 0 Å². The largest absolute Gasteiger partial charge is 0.472 e. The highest BCUT2D eigenvalue weighted by Gasteiger charge is 2.27. The van der Waals surface area contributed by atoms with Crippen LogP contribution in [0.5, 0.6) is 0 Å². The molecule has 358 valence electrons. The summed E-state index contributed by atoms with van der Waals surface area (Å²) in [5.74, 6) is -0.187. The van der Waals surface area contributed by atoms with Gasteiger partial charge in [-0.3, -0.25) is 13.8 Å². The Bertz CT molecular complexity index is 1130. The van der Waals surface area contributed by atoms with Gasteiger partial charge >= 0.3 is 7.82 Å². The normalized spacial score (nSPS) is 14.5. The van der Waals surface area contributed by atoms with E-state index in [-0.39, 0.29) is 19.1 Å². The first-order chi connectivity index (χ1) is 29.5. The van der Waals surface area contributed by atoms with E-state index in [9.17, 15) is 19.4 Å². The van der Waals surface area contributed by atoms with Crippen LogP contribution in [0.25, 0.3) is 0 Å². The van der Waals surface area contributed by atoms with Crippen LogP contribution in [0, 0.1) is 0 Å².